The molecule has 2 aromatic rings. The quantitative estimate of drug-likeness (QED) is 0.832. The fourth-order valence-corrected chi connectivity index (χ4v) is 3.29. The number of benzene rings is 1. The number of amides is 1. The molecule has 0 bridgehead atoms. The summed E-state index contributed by atoms with van der Waals surface area (Å²) in [6.45, 7) is 3.57. The molecule has 1 fully saturated rings. The molecule has 1 aromatic heterocycles. The molecule has 0 unspecified atom stereocenters. The summed E-state index contributed by atoms with van der Waals surface area (Å²) in [5.41, 5.74) is 1.24. The van der Waals surface area contributed by atoms with Crippen LogP contribution in [0.2, 0.25) is 0 Å². The van der Waals surface area contributed by atoms with Crippen LogP contribution in [0.15, 0.2) is 42.5 Å². The van der Waals surface area contributed by atoms with E-state index in [1.54, 1.807) is 17.0 Å². The van der Waals surface area contributed by atoms with Crippen molar-refractivity contribution in [1.82, 2.24) is 15.2 Å². The first-order valence-electron chi connectivity index (χ1n) is 8.86. The summed E-state index contributed by atoms with van der Waals surface area (Å²) in [5, 5.41) is 14.0. The number of likely N-dealkylation sites (tertiary alicyclic amines) is 1. The number of nitrogens with one attached hydrogen (secondary N) is 1. The predicted octanol–water partition coefficient (Wildman–Crippen LogP) is 2.17. The highest BCUT2D eigenvalue weighted by Gasteiger charge is 2.41. The van der Waals surface area contributed by atoms with E-state index in [2.05, 4.69) is 10.3 Å². The zero-order valence-electron chi connectivity index (χ0n) is 14.9. The fourth-order valence-electron chi connectivity index (χ4n) is 3.29. The van der Waals surface area contributed by atoms with Crippen LogP contribution in [0.3, 0.4) is 0 Å². The summed E-state index contributed by atoms with van der Waals surface area (Å²) in [6.07, 6.45) is 1.16. The first kappa shape index (κ1) is 18.5. The van der Waals surface area contributed by atoms with Crippen molar-refractivity contribution in [3.63, 3.8) is 0 Å². The Labute approximate surface area is 152 Å². The maximum Gasteiger partial charge on any atom is 0.256 e. The molecule has 1 aliphatic heterocycles. The molecular weight excluding hydrogens is 333 g/mol. The van der Waals surface area contributed by atoms with E-state index in [0.29, 0.717) is 26.1 Å². The largest absolute Gasteiger partial charge is 0.379 e. The minimum absolute atomic E-state index is 0.182. The smallest absolute Gasteiger partial charge is 0.256 e. The third-order valence-corrected chi connectivity index (χ3v) is 4.66. The highest BCUT2D eigenvalue weighted by atomic mass is 19.1. The van der Waals surface area contributed by atoms with Gasteiger partial charge in [0.2, 0.25) is 0 Å². The van der Waals surface area contributed by atoms with Gasteiger partial charge in [-0.15, -0.1) is 0 Å². The Morgan fingerprint density at radius 2 is 2.04 bits per heavy atom. The third-order valence-electron chi connectivity index (χ3n) is 4.66. The topological polar surface area (TPSA) is 65.5 Å². The van der Waals surface area contributed by atoms with Crippen molar-refractivity contribution in [3.05, 3.63) is 65.2 Å². The van der Waals surface area contributed by atoms with Gasteiger partial charge in [0.1, 0.15) is 5.82 Å². The Hall–Kier alpha value is -2.31. The predicted molar refractivity (Wildman–Crippen MR) is 96.7 cm³/mol. The van der Waals surface area contributed by atoms with E-state index < -0.39 is 5.60 Å². The highest BCUT2D eigenvalue weighted by Crippen LogP contribution is 2.24. The van der Waals surface area contributed by atoms with Gasteiger partial charge in [-0.1, -0.05) is 18.2 Å². The zero-order valence-corrected chi connectivity index (χ0v) is 14.9. The number of hydrogen-bond donors (Lipinski definition) is 2. The molecule has 1 atom stereocenters. The number of aliphatic hydroxyl groups is 1. The Bertz CT molecular complexity index is 766. The fraction of sp³-hybridized carbons (Fsp3) is 0.400. The first-order chi connectivity index (χ1) is 12.5. The molecule has 0 aliphatic carbocycles. The SMILES string of the molecule is Cc1cccc(CNC[C@@]2(O)CCCN(Cc3ccc(F)cc3)C2=O)n1. The third kappa shape index (κ3) is 4.45. The molecule has 1 saturated heterocycles. The van der Waals surface area contributed by atoms with Crippen molar-refractivity contribution in [3.8, 4) is 0 Å². The van der Waals surface area contributed by atoms with Crippen LogP contribution in [0.25, 0.3) is 0 Å². The van der Waals surface area contributed by atoms with Crippen molar-refractivity contribution in [1.29, 1.82) is 0 Å². The van der Waals surface area contributed by atoms with Gasteiger partial charge >= 0.3 is 0 Å². The number of carbonyl (C=O) groups excluding carboxylic acids is 1. The van der Waals surface area contributed by atoms with E-state index in [-0.39, 0.29) is 18.3 Å². The minimum Gasteiger partial charge on any atom is -0.379 e. The number of nitrogens with zero attached hydrogens (tertiary/aromatic N) is 2. The lowest BCUT2D eigenvalue weighted by Crippen LogP contribution is -2.57. The van der Waals surface area contributed by atoms with Gasteiger partial charge in [-0.05, 0) is 49.6 Å². The van der Waals surface area contributed by atoms with E-state index in [1.807, 2.05) is 25.1 Å². The number of halogens is 1. The Morgan fingerprint density at radius 1 is 1.27 bits per heavy atom. The van der Waals surface area contributed by atoms with E-state index >= 15 is 0 Å². The Morgan fingerprint density at radius 3 is 2.77 bits per heavy atom. The number of pyridine rings is 1. The van der Waals surface area contributed by atoms with Gasteiger partial charge in [-0.2, -0.15) is 0 Å². The summed E-state index contributed by atoms with van der Waals surface area (Å²) in [4.78, 5) is 18.8. The van der Waals surface area contributed by atoms with Gasteiger partial charge < -0.3 is 15.3 Å². The standard InChI is InChI=1S/C20H24FN3O2/c1-15-4-2-5-18(23-15)12-22-14-20(26)10-3-11-24(19(20)25)13-16-6-8-17(21)9-7-16/h2,4-9,22,26H,3,10-14H2,1H3/t20-/m0/s1. The van der Waals surface area contributed by atoms with Crippen molar-refractivity contribution in [2.24, 2.45) is 0 Å². The molecular formula is C20H24FN3O2. The van der Waals surface area contributed by atoms with Crippen molar-refractivity contribution >= 4 is 5.91 Å². The number of piperidine rings is 1. The molecule has 26 heavy (non-hydrogen) atoms. The van der Waals surface area contributed by atoms with Crippen LogP contribution in [-0.2, 0) is 17.9 Å². The highest BCUT2D eigenvalue weighted by molar-refractivity contribution is 5.86. The summed E-state index contributed by atoms with van der Waals surface area (Å²) in [7, 11) is 0. The molecule has 0 saturated carbocycles. The Balaban J connectivity index is 1.59. The summed E-state index contributed by atoms with van der Waals surface area (Å²) >= 11 is 0. The summed E-state index contributed by atoms with van der Waals surface area (Å²) in [6, 6.07) is 11.9. The van der Waals surface area contributed by atoms with Crippen LogP contribution in [-0.4, -0.2) is 39.6 Å². The van der Waals surface area contributed by atoms with Crippen LogP contribution in [0.1, 0.15) is 29.8 Å². The molecule has 1 aromatic carbocycles. The van der Waals surface area contributed by atoms with Crippen molar-refractivity contribution < 1.29 is 14.3 Å². The van der Waals surface area contributed by atoms with Crippen LogP contribution in [0.5, 0.6) is 0 Å². The van der Waals surface area contributed by atoms with Crippen molar-refractivity contribution in [2.45, 2.75) is 38.5 Å². The van der Waals surface area contributed by atoms with Gasteiger partial charge in [-0.25, -0.2) is 4.39 Å². The normalized spacial score (nSPS) is 20.4. The monoisotopic (exact) mass is 357 g/mol. The summed E-state index contributed by atoms with van der Waals surface area (Å²) < 4.78 is 13.0. The molecule has 6 heteroatoms. The molecule has 0 spiro atoms. The number of aryl methyl sites for hydroxylation is 1. The lowest BCUT2D eigenvalue weighted by atomic mass is 9.91. The average Bonchev–Trinajstić information content (AvgIpc) is 2.61. The van der Waals surface area contributed by atoms with Gasteiger partial charge in [-0.3, -0.25) is 9.78 Å². The van der Waals surface area contributed by atoms with Gasteiger partial charge in [0.15, 0.2) is 5.60 Å². The molecule has 5 nitrogen and oxygen atoms in total. The first-order valence-corrected chi connectivity index (χ1v) is 8.86. The number of hydrogen-bond acceptors (Lipinski definition) is 4. The second-order valence-corrected chi connectivity index (χ2v) is 6.86. The van der Waals surface area contributed by atoms with E-state index in [9.17, 15) is 14.3 Å². The second-order valence-electron chi connectivity index (χ2n) is 6.86. The summed E-state index contributed by atoms with van der Waals surface area (Å²) in [5.74, 6) is -0.582. The maximum atomic E-state index is 13.0. The molecule has 0 radical (unpaired) electrons. The average molecular weight is 357 g/mol. The lowest BCUT2D eigenvalue weighted by molar-refractivity contribution is -0.157. The van der Waals surface area contributed by atoms with Gasteiger partial charge in [0.05, 0.1) is 5.69 Å². The zero-order chi connectivity index (χ0) is 18.6. The minimum atomic E-state index is -1.41. The van der Waals surface area contributed by atoms with Crippen LogP contribution in [0, 0.1) is 12.7 Å². The molecule has 3 rings (SSSR count). The van der Waals surface area contributed by atoms with E-state index in [1.165, 1.54) is 12.1 Å². The number of rotatable bonds is 6. The van der Waals surface area contributed by atoms with Gasteiger partial charge in [0.25, 0.3) is 5.91 Å². The molecule has 1 amide bonds. The van der Waals surface area contributed by atoms with Crippen molar-refractivity contribution in [2.75, 3.05) is 13.1 Å². The molecule has 138 valence electrons. The maximum absolute atomic E-state index is 13.0. The Kier molecular flexibility index (Phi) is 5.64. The lowest BCUT2D eigenvalue weighted by Gasteiger charge is -2.38. The van der Waals surface area contributed by atoms with E-state index in [4.69, 9.17) is 0 Å². The molecule has 2 heterocycles. The van der Waals surface area contributed by atoms with Gasteiger partial charge in [0, 0.05) is 31.9 Å². The molecule has 1 aliphatic rings. The second kappa shape index (κ2) is 7.93. The molecule has 2 N–H and O–H groups in total. The van der Waals surface area contributed by atoms with Crippen LogP contribution < -0.4 is 5.32 Å². The van der Waals surface area contributed by atoms with Crippen LogP contribution >= 0.6 is 0 Å². The van der Waals surface area contributed by atoms with Crippen LogP contribution in [0.4, 0.5) is 4.39 Å². The number of carbonyl (C=O) groups is 1. The van der Waals surface area contributed by atoms with E-state index in [0.717, 1.165) is 23.4 Å². The number of aromatic nitrogens is 1.